The Morgan fingerprint density at radius 1 is 0.875 bits per heavy atom. The van der Waals surface area contributed by atoms with E-state index >= 15 is 0 Å². The fourth-order valence-corrected chi connectivity index (χ4v) is 0. The zero-order chi connectivity index (χ0) is 6.41. The summed E-state index contributed by atoms with van der Waals surface area (Å²) in [5.74, 6) is 0. The molecule has 52 valence electrons. The number of rotatable bonds is 0. The van der Waals surface area contributed by atoms with Crippen molar-refractivity contribution in [3.05, 3.63) is 0 Å². The first-order valence-electron chi connectivity index (χ1n) is 1.01. The van der Waals surface area contributed by atoms with Crippen molar-refractivity contribution < 1.29 is 29.5 Å². The van der Waals surface area contributed by atoms with E-state index in [1.165, 1.54) is 0 Å². The van der Waals surface area contributed by atoms with Crippen LogP contribution in [0.3, 0.4) is 0 Å². The standard InChI is InChI=1S/F6P.Sr.2H/c1-7(2,3,4,5)6;;;/q-1;+2;2*-1/p+1. The van der Waals surface area contributed by atoms with Gasteiger partial charge in [0.2, 0.25) is 0 Å². The molecule has 0 aromatic carbocycles. The van der Waals surface area contributed by atoms with Gasteiger partial charge in [0.15, 0.2) is 0 Å². The first-order valence-corrected chi connectivity index (χ1v) is 3.04. The van der Waals surface area contributed by atoms with Crippen molar-refractivity contribution in [2.24, 2.45) is 0 Å². The van der Waals surface area contributed by atoms with Crippen molar-refractivity contribution in [3.63, 3.8) is 0 Å². The molecule has 0 saturated heterocycles. The van der Waals surface area contributed by atoms with E-state index in [4.69, 9.17) is 0 Å². The minimum atomic E-state index is -10.7. The molecule has 0 spiro atoms. The summed E-state index contributed by atoms with van der Waals surface area (Å²) in [6.07, 6.45) is 0. The molecule has 0 N–H and O–H groups in total. The van der Waals surface area contributed by atoms with Crippen LogP contribution in [0.1, 0.15) is 4.28 Å². The predicted octanol–water partition coefficient (Wildman–Crippen LogP) is 3.34. The van der Waals surface area contributed by atoms with Gasteiger partial charge in [-0.15, -0.1) is 0 Å². The Bertz CT molecular complexity index is 76.4. The quantitative estimate of drug-likeness (QED) is 0.343. The third-order valence-electron chi connectivity index (χ3n) is 0. The molecule has 0 bridgehead atoms. The van der Waals surface area contributed by atoms with Gasteiger partial charge >= 0.3 is 79.9 Å². The van der Waals surface area contributed by atoms with Gasteiger partial charge in [-0.1, -0.05) is 0 Å². The zero-order valence-corrected chi connectivity index (χ0v) is 7.79. The van der Waals surface area contributed by atoms with Crippen molar-refractivity contribution in [1.82, 2.24) is 0 Å². The first kappa shape index (κ1) is 12.2. The smallest absolute Gasteiger partial charge is 1.00 e. The molecule has 0 amide bonds. The predicted molar refractivity (Wildman–Crippen MR) is 22.7 cm³/mol. The topological polar surface area (TPSA) is 0 Å². The van der Waals surface area contributed by atoms with Crippen LogP contribution < -0.4 is 0 Å². The van der Waals surface area contributed by atoms with E-state index in [0.717, 1.165) is 0 Å². The van der Waals surface area contributed by atoms with Crippen LogP contribution in [-0.2, 0) is 0 Å². The van der Waals surface area contributed by atoms with Crippen LogP contribution in [0.4, 0.5) is 25.2 Å². The van der Waals surface area contributed by atoms with E-state index in [0.29, 0.717) is 0 Å². The molecule has 0 nitrogen and oxygen atoms in total. The van der Waals surface area contributed by atoms with Gasteiger partial charge in [0.25, 0.3) is 0 Å². The molecule has 8 heavy (non-hydrogen) atoms. The Morgan fingerprint density at radius 2 is 0.875 bits per heavy atom. The summed E-state index contributed by atoms with van der Waals surface area (Å²) in [7, 11) is -10.7. The molecule has 0 atom stereocenters. The van der Waals surface area contributed by atoms with Crippen LogP contribution in [0.25, 0.3) is 0 Å². The zero-order valence-electron chi connectivity index (χ0n) is 6.42. The Morgan fingerprint density at radius 3 is 0.875 bits per heavy atom. The van der Waals surface area contributed by atoms with Crippen LogP contribution in [0.5, 0.6) is 0 Å². The Hall–Kier alpha value is 1.49. The minimum absolute atomic E-state index is 0. The summed E-state index contributed by atoms with van der Waals surface area (Å²) >= 11 is 0. The fourth-order valence-electron chi connectivity index (χ4n) is 0. The molecule has 0 radical (unpaired) electrons. The second-order valence-corrected chi connectivity index (χ2v) is 2.87. The van der Waals surface area contributed by atoms with E-state index in [9.17, 15) is 25.2 Å². The molecule has 0 aliphatic heterocycles. The second-order valence-electron chi connectivity index (χ2n) is 0.958. The van der Waals surface area contributed by atoms with Crippen molar-refractivity contribution in [1.29, 1.82) is 0 Å². The molecule has 0 saturated carbocycles. The Labute approximate surface area is 82.2 Å². The molecular weight excluding hydrogens is 233 g/mol. The van der Waals surface area contributed by atoms with Crippen molar-refractivity contribution in [3.8, 4) is 0 Å². The van der Waals surface area contributed by atoms with Gasteiger partial charge in [0.1, 0.15) is 0 Å². The summed E-state index contributed by atoms with van der Waals surface area (Å²) in [6, 6.07) is 0. The van der Waals surface area contributed by atoms with Gasteiger partial charge in [0, 0.05) is 0 Å². The van der Waals surface area contributed by atoms with Crippen LogP contribution in [0.2, 0.25) is 0 Å². The summed E-state index contributed by atoms with van der Waals surface area (Å²) in [6.45, 7) is 0. The third-order valence-corrected chi connectivity index (χ3v) is 0. The van der Waals surface area contributed by atoms with Crippen molar-refractivity contribution in [2.45, 2.75) is 0 Å². The molecule has 8 heteroatoms. The normalized spacial score (nSPS) is 20.2. The third kappa shape index (κ3) is 142. The summed E-state index contributed by atoms with van der Waals surface area (Å²) in [5, 5.41) is 0. The van der Waals surface area contributed by atoms with Gasteiger partial charge in [-0.25, -0.2) is 0 Å². The van der Waals surface area contributed by atoms with Crippen LogP contribution >= 0.6 is 7.81 Å². The van der Waals surface area contributed by atoms with Gasteiger partial charge in [-0.05, 0) is 0 Å². The average Bonchev–Trinajstić information content (AvgIpc) is 0.592. The van der Waals surface area contributed by atoms with Crippen molar-refractivity contribution >= 4 is 53.3 Å². The number of hydrogen-bond acceptors (Lipinski definition) is 0. The first-order chi connectivity index (χ1) is 2.45. The summed E-state index contributed by atoms with van der Waals surface area (Å²) in [4.78, 5) is 0. The van der Waals surface area contributed by atoms with Gasteiger partial charge in [0.05, 0.1) is 0 Å². The van der Waals surface area contributed by atoms with Crippen LogP contribution in [0.15, 0.2) is 0 Å². The van der Waals surface area contributed by atoms with E-state index in [1.807, 2.05) is 0 Å². The van der Waals surface area contributed by atoms with Gasteiger partial charge < -0.3 is 2.85 Å². The molecule has 0 aliphatic carbocycles. The molecule has 0 unspecified atom stereocenters. The molecule has 0 aromatic heterocycles. The molecule has 0 aromatic rings. The Balaban J connectivity index is -0.0000000300. The maximum atomic E-state index is 9.87. The molecular formula is H3F6PSr. The summed E-state index contributed by atoms with van der Waals surface area (Å²) in [5.41, 5.74) is 0. The maximum absolute atomic E-state index is 10.7. The van der Waals surface area contributed by atoms with Crippen molar-refractivity contribution in [2.75, 3.05) is 0 Å². The average molecular weight is 236 g/mol. The van der Waals surface area contributed by atoms with E-state index in [1.54, 1.807) is 0 Å². The monoisotopic (exact) mass is 236 g/mol. The Kier molecular flexibility index (Phi) is 2.67. The second kappa shape index (κ2) is 1.75. The van der Waals surface area contributed by atoms with E-state index in [-0.39, 0.29) is 49.8 Å². The van der Waals surface area contributed by atoms with E-state index < -0.39 is 7.81 Å². The molecule has 0 heterocycles. The number of hydrogen-bond donors (Lipinski definition) is 0. The summed E-state index contributed by atoms with van der Waals surface area (Å²) < 4.78 is 59.2. The molecule has 0 fully saturated rings. The van der Waals surface area contributed by atoms with E-state index in [2.05, 4.69) is 0 Å². The SMILES string of the molecule is F[P-](F)(F)(F)(F)F.[H+].[H-].[H-].[Sr+2]. The minimum Gasteiger partial charge on any atom is -1.00 e. The molecule has 0 rings (SSSR count). The van der Waals surface area contributed by atoms with Gasteiger partial charge in [-0.3, -0.25) is 0 Å². The largest absolute Gasteiger partial charge is 2.00 e. The van der Waals surface area contributed by atoms with Gasteiger partial charge in [-0.2, -0.15) is 0 Å². The number of halogens is 6. The maximum Gasteiger partial charge on any atom is 2.00 e. The molecule has 0 aliphatic rings. The fraction of sp³-hybridized carbons (Fsp3) is 0. The van der Waals surface area contributed by atoms with Crippen LogP contribution in [0, 0.1) is 0 Å². The van der Waals surface area contributed by atoms with Crippen LogP contribution in [-0.4, -0.2) is 45.5 Å².